The van der Waals surface area contributed by atoms with E-state index in [0.717, 1.165) is 16.9 Å². The van der Waals surface area contributed by atoms with E-state index in [1.54, 1.807) is 14.0 Å². The lowest BCUT2D eigenvalue weighted by molar-refractivity contribution is 0.110. The highest BCUT2D eigenvalue weighted by Crippen LogP contribution is 2.20. The lowest BCUT2D eigenvalue weighted by atomic mass is 10.1. The third kappa shape index (κ3) is 8.12. The molecule has 1 aromatic carbocycles. The molecule has 8 nitrogen and oxygen atoms in total. The van der Waals surface area contributed by atoms with Crippen molar-refractivity contribution in [2.75, 3.05) is 26.9 Å². The molecule has 0 atom stereocenters. The highest BCUT2D eigenvalue weighted by Gasteiger charge is 2.07. The standard InChI is InChI=1S/C18H27N5O3.HI/c1-5-24-8-9-25-16-10-13(2)6-7-15(16)11-20-18(19-4)21-12-17-22-14(3)23-26-17;/h6-7,10H,5,8-9,11-12H2,1-4H3,(H2,19,20,21);1H. The van der Waals surface area contributed by atoms with Gasteiger partial charge in [-0.15, -0.1) is 24.0 Å². The van der Waals surface area contributed by atoms with E-state index in [0.29, 0.717) is 50.6 Å². The van der Waals surface area contributed by atoms with Crippen molar-refractivity contribution < 1.29 is 14.0 Å². The van der Waals surface area contributed by atoms with Crippen LogP contribution in [0.3, 0.4) is 0 Å². The Bertz CT molecular complexity index is 721. The van der Waals surface area contributed by atoms with Crippen LogP contribution < -0.4 is 15.4 Å². The number of guanidine groups is 1. The summed E-state index contributed by atoms with van der Waals surface area (Å²) in [6.45, 7) is 8.56. The third-order valence-electron chi connectivity index (χ3n) is 3.56. The number of benzene rings is 1. The Morgan fingerprint density at radius 3 is 2.63 bits per heavy atom. The fourth-order valence-corrected chi connectivity index (χ4v) is 2.27. The van der Waals surface area contributed by atoms with Crippen molar-refractivity contribution in [2.24, 2.45) is 4.99 Å². The quantitative estimate of drug-likeness (QED) is 0.242. The van der Waals surface area contributed by atoms with Crippen LogP contribution in [-0.4, -0.2) is 43.0 Å². The zero-order valence-corrected chi connectivity index (χ0v) is 18.6. The molecule has 150 valence electrons. The first-order chi connectivity index (χ1) is 12.6. The first-order valence-corrected chi connectivity index (χ1v) is 8.66. The van der Waals surface area contributed by atoms with Gasteiger partial charge in [0, 0.05) is 25.8 Å². The number of hydrogen-bond donors (Lipinski definition) is 2. The number of aromatic nitrogens is 2. The second-order valence-electron chi connectivity index (χ2n) is 5.67. The van der Waals surface area contributed by atoms with Crippen molar-refractivity contribution in [1.82, 2.24) is 20.8 Å². The van der Waals surface area contributed by atoms with Gasteiger partial charge in [0.1, 0.15) is 12.4 Å². The fraction of sp³-hybridized carbons (Fsp3) is 0.500. The second-order valence-corrected chi connectivity index (χ2v) is 5.67. The molecular weight excluding hydrogens is 461 g/mol. The summed E-state index contributed by atoms with van der Waals surface area (Å²) in [6.07, 6.45) is 0. The largest absolute Gasteiger partial charge is 0.491 e. The van der Waals surface area contributed by atoms with Gasteiger partial charge in [-0.25, -0.2) is 0 Å². The molecule has 0 amide bonds. The van der Waals surface area contributed by atoms with Gasteiger partial charge in [0.2, 0.25) is 5.89 Å². The Labute approximate surface area is 177 Å². The molecule has 0 aliphatic rings. The summed E-state index contributed by atoms with van der Waals surface area (Å²) in [6, 6.07) is 6.14. The molecule has 2 aromatic rings. The zero-order valence-electron chi connectivity index (χ0n) is 16.2. The highest BCUT2D eigenvalue weighted by molar-refractivity contribution is 14.0. The van der Waals surface area contributed by atoms with Crippen LogP contribution >= 0.6 is 24.0 Å². The van der Waals surface area contributed by atoms with Gasteiger partial charge in [-0.2, -0.15) is 4.98 Å². The Morgan fingerprint density at radius 1 is 1.19 bits per heavy atom. The average molecular weight is 489 g/mol. The predicted molar refractivity (Wildman–Crippen MR) is 115 cm³/mol. The molecule has 9 heteroatoms. The summed E-state index contributed by atoms with van der Waals surface area (Å²) in [5, 5.41) is 10.2. The molecule has 2 N–H and O–H groups in total. The number of ether oxygens (including phenoxy) is 2. The lowest BCUT2D eigenvalue weighted by Gasteiger charge is -2.15. The minimum absolute atomic E-state index is 0. The van der Waals surface area contributed by atoms with Gasteiger partial charge in [-0.1, -0.05) is 17.3 Å². The van der Waals surface area contributed by atoms with E-state index in [2.05, 4.69) is 31.8 Å². The van der Waals surface area contributed by atoms with Gasteiger partial charge in [0.05, 0.1) is 13.2 Å². The number of halogens is 1. The van der Waals surface area contributed by atoms with E-state index in [1.807, 2.05) is 26.0 Å². The molecule has 27 heavy (non-hydrogen) atoms. The maximum atomic E-state index is 5.86. The number of hydrogen-bond acceptors (Lipinski definition) is 6. The maximum Gasteiger partial charge on any atom is 0.246 e. The van der Waals surface area contributed by atoms with Crippen LogP contribution in [0.2, 0.25) is 0 Å². The number of rotatable bonds is 9. The summed E-state index contributed by atoms with van der Waals surface area (Å²) < 4.78 is 16.3. The van der Waals surface area contributed by atoms with Gasteiger partial charge in [0.15, 0.2) is 11.8 Å². The van der Waals surface area contributed by atoms with E-state index in [-0.39, 0.29) is 24.0 Å². The van der Waals surface area contributed by atoms with Gasteiger partial charge in [0.25, 0.3) is 0 Å². The second kappa shape index (κ2) is 12.5. The van der Waals surface area contributed by atoms with Crippen LogP contribution in [0.15, 0.2) is 27.7 Å². The molecule has 0 saturated carbocycles. The van der Waals surface area contributed by atoms with E-state index < -0.39 is 0 Å². The van der Waals surface area contributed by atoms with E-state index in [4.69, 9.17) is 14.0 Å². The molecule has 0 spiro atoms. The zero-order chi connectivity index (χ0) is 18.8. The van der Waals surface area contributed by atoms with Crippen LogP contribution in [0, 0.1) is 13.8 Å². The van der Waals surface area contributed by atoms with Crippen LogP contribution in [0.5, 0.6) is 5.75 Å². The molecule has 2 rings (SSSR count). The SMILES string of the molecule is CCOCCOc1cc(C)ccc1CNC(=NC)NCc1nc(C)no1.I. The normalized spacial score (nSPS) is 11.0. The summed E-state index contributed by atoms with van der Waals surface area (Å²) in [7, 11) is 1.71. The average Bonchev–Trinajstić information content (AvgIpc) is 3.05. The van der Waals surface area contributed by atoms with Crippen molar-refractivity contribution in [3.8, 4) is 5.75 Å². The van der Waals surface area contributed by atoms with Crippen molar-refractivity contribution in [3.63, 3.8) is 0 Å². The molecule has 0 aliphatic heterocycles. The predicted octanol–water partition coefficient (Wildman–Crippen LogP) is 2.58. The summed E-state index contributed by atoms with van der Waals surface area (Å²) in [5.41, 5.74) is 2.19. The Hall–Kier alpha value is -1.88. The van der Waals surface area contributed by atoms with Crippen LogP contribution in [0.25, 0.3) is 0 Å². The molecule has 0 aliphatic carbocycles. The molecule has 1 aromatic heterocycles. The smallest absolute Gasteiger partial charge is 0.246 e. The van der Waals surface area contributed by atoms with Crippen molar-refractivity contribution in [1.29, 1.82) is 0 Å². The van der Waals surface area contributed by atoms with E-state index >= 15 is 0 Å². The van der Waals surface area contributed by atoms with Gasteiger partial charge < -0.3 is 24.6 Å². The van der Waals surface area contributed by atoms with E-state index in [1.165, 1.54) is 0 Å². The minimum atomic E-state index is 0. The topological polar surface area (TPSA) is 93.8 Å². The van der Waals surface area contributed by atoms with Gasteiger partial charge in [-0.05, 0) is 32.4 Å². The molecule has 0 fully saturated rings. The maximum absolute atomic E-state index is 5.86. The Balaban J connectivity index is 0.00000364. The highest BCUT2D eigenvalue weighted by atomic mass is 127. The lowest BCUT2D eigenvalue weighted by Crippen LogP contribution is -2.36. The van der Waals surface area contributed by atoms with Gasteiger partial charge >= 0.3 is 0 Å². The van der Waals surface area contributed by atoms with Crippen LogP contribution in [0.4, 0.5) is 0 Å². The molecule has 1 heterocycles. The molecule has 0 unspecified atom stereocenters. The monoisotopic (exact) mass is 489 g/mol. The van der Waals surface area contributed by atoms with Crippen molar-refractivity contribution in [2.45, 2.75) is 33.9 Å². The molecule has 0 saturated heterocycles. The van der Waals surface area contributed by atoms with Crippen molar-refractivity contribution >= 4 is 29.9 Å². The molecule has 0 bridgehead atoms. The fourth-order valence-electron chi connectivity index (χ4n) is 2.27. The molecule has 0 radical (unpaired) electrons. The minimum Gasteiger partial charge on any atom is -0.491 e. The summed E-state index contributed by atoms with van der Waals surface area (Å²) >= 11 is 0. The number of nitrogens with zero attached hydrogens (tertiary/aromatic N) is 3. The first-order valence-electron chi connectivity index (χ1n) is 8.66. The van der Waals surface area contributed by atoms with E-state index in [9.17, 15) is 0 Å². The van der Waals surface area contributed by atoms with Crippen LogP contribution in [-0.2, 0) is 17.8 Å². The number of aliphatic imine (C=N–C) groups is 1. The third-order valence-corrected chi connectivity index (χ3v) is 3.56. The summed E-state index contributed by atoms with van der Waals surface area (Å²) in [5.74, 6) is 2.61. The first kappa shape index (κ1) is 23.2. The Morgan fingerprint density at radius 2 is 1.96 bits per heavy atom. The van der Waals surface area contributed by atoms with Gasteiger partial charge in [-0.3, -0.25) is 4.99 Å². The Kier molecular flexibility index (Phi) is 10.7. The molecular formula is C18H28IN5O3. The number of aryl methyl sites for hydroxylation is 2. The summed E-state index contributed by atoms with van der Waals surface area (Å²) in [4.78, 5) is 8.36. The number of nitrogens with one attached hydrogen (secondary N) is 2. The van der Waals surface area contributed by atoms with Crippen molar-refractivity contribution in [3.05, 3.63) is 41.0 Å². The van der Waals surface area contributed by atoms with Crippen LogP contribution in [0.1, 0.15) is 29.8 Å².